The van der Waals surface area contributed by atoms with Gasteiger partial charge in [0.25, 0.3) is 0 Å². The van der Waals surface area contributed by atoms with Crippen LogP contribution in [0.3, 0.4) is 0 Å². The molecule has 0 radical (unpaired) electrons. The van der Waals surface area contributed by atoms with Gasteiger partial charge in [-0.2, -0.15) is 0 Å². The van der Waals surface area contributed by atoms with Crippen LogP contribution in [0.5, 0.6) is 0 Å². The quantitative estimate of drug-likeness (QED) is 0.234. The van der Waals surface area contributed by atoms with Crippen LogP contribution in [-0.2, 0) is 33.5 Å². The molecular weight excluding hydrogens is 518 g/mol. The highest BCUT2D eigenvalue weighted by Crippen LogP contribution is 2.20. The maximum Gasteiger partial charge on any atom is 0.331 e. The van der Waals surface area contributed by atoms with Crippen molar-refractivity contribution in [3.05, 3.63) is 0 Å². The van der Waals surface area contributed by atoms with Crippen molar-refractivity contribution in [2.24, 2.45) is 5.92 Å². The number of carbonyl (C=O) groups is 6. The van der Waals surface area contributed by atoms with Crippen molar-refractivity contribution in [3.8, 4) is 0 Å². The summed E-state index contributed by atoms with van der Waals surface area (Å²) in [6.45, 7) is 23.3. The average molecular weight is 570 g/mol. The molecule has 12 nitrogen and oxygen atoms in total. The second kappa shape index (κ2) is 12.1. The Hall–Kier alpha value is -3.18. The van der Waals surface area contributed by atoms with E-state index in [0.29, 0.717) is 0 Å². The maximum absolute atomic E-state index is 13.2. The van der Waals surface area contributed by atoms with Gasteiger partial charge in [-0.1, -0.05) is 13.8 Å². The first kappa shape index (κ1) is 36.8. The molecule has 0 fully saturated rings. The lowest BCUT2D eigenvalue weighted by Crippen LogP contribution is -2.69. The molecular formula is C28H51N5O7. The third kappa shape index (κ3) is 10.1. The molecule has 0 aliphatic rings. The molecule has 0 aliphatic heterocycles. The maximum atomic E-state index is 13.2. The van der Waals surface area contributed by atoms with E-state index in [0.717, 1.165) is 0 Å². The molecule has 0 aromatic carbocycles. The van der Waals surface area contributed by atoms with E-state index in [9.17, 15) is 28.8 Å². The van der Waals surface area contributed by atoms with Gasteiger partial charge in [-0.3, -0.25) is 24.0 Å². The van der Waals surface area contributed by atoms with E-state index in [1.165, 1.54) is 62.3 Å². The first-order valence-corrected chi connectivity index (χ1v) is 13.3. The van der Waals surface area contributed by atoms with Gasteiger partial charge in [0, 0.05) is 6.92 Å². The van der Waals surface area contributed by atoms with Crippen LogP contribution in [0.1, 0.15) is 104 Å². The van der Waals surface area contributed by atoms with Crippen LogP contribution in [-0.4, -0.2) is 68.8 Å². The Labute approximate surface area is 238 Å². The van der Waals surface area contributed by atoms with Crippen LogP contribution >= 0.6 is 0 Å². The number of esters is 1. The summed E-state index contributed by atoms with van der Waals surface area (Å²) in [6, 6.07) is 0. The second-order valence-corrected chi connectivity index (χ2v) is 13.9. The molecule has 1 atom stereocenters. The first-order chi connectivity index (χ1) is 17.5. The van der Waals surface area contributed by atoms with Gasteiger partial charge < -0.3 is 31.3 Å². The minimum absolute atomic E-state index is 0.286. The highest BCUT2D eigenvalue weighted by molar-refractivity contribution is 6.00. The van der Waals surface area contributed by atoms with E-state index in [1.807, 2.05) is 0 Å². The Balaban J connectivity index is 5.59. The summed E-state index contributed by atoms with van der Waals surface area (Å²) in [5.74, 6) is -3.87. The van der Waals surface area contributed by atoms with E-state index in [2.05, 4.69) is 26.6 Å². The summed E-state index contributed by atoms with van der Waals surface area (Å²) >= 11 is 0. The second-order valence-electron chi connectivity index (χ2n) is 13.9. The van der Waals surface area contributed by atoms with Gasteiger partial charge in [0.2, 0.25) is 29.5 Å². The minimum Gasteiger partial charge on any atom is -0.458 e. The number of nitrogens with one attached hydrogen (secondary N) is 5. The summed E-state index contributed by atoms with van der Waals surface area (Å²) in [7, 11) is 0. The predicted molar refractivity (Wildman–Crippen MR) is 152 cm³/mol. The number of amides is 5. The van der Waals surface area contributed by atoms with E-state index in [1.54, 1.807) is 41.5 Å². The van der Waals surface area contributed by atoms with Gasteiger partial charge in [0.15, 0.2) is 0 Å². The molecule has 0 unspecified atom stereocenters. The Kier molecular flexibility index (Phi) is 11.2. The molecule has 0 spiro atoms. The average Bonchev–Trinajstić information content (AvgIpc) is 2.70. The largest absolute Gasteiger partial charge is 0.458 e. The number of ether oxygens (including phenoxy) is 1. The number of rotatable bonds is 11. The fraction of sp³-hybridized carbons (Fsp3) is 0.786. The van der Waals surface area contributed by atoms with Crippen LogP contribution < -0.4 is 26.6 Å². The Bertz CT molecular complexity index is 1020. The van der Waals surface area contributed by atoms with Crippen LogP contribution in [0.15, 0.2) is 0 Å². The molecule has 230 valence electrons. The molecule has 5 amide bonds. The SMILES string of the molecule is CC(=O)N[C@](C)(C(=O)NC(C)(C)C(=O)NC(C)(C)C(=O)NC(C)(C)C(=O)NC(C)(C)C(=O)OC(C)(C)C)C(C)C. The van der Waals surface area contributed by atoms with E-state index < -0.39 is 68.8 Å². The topological polar surface area (TPSA) is 172 Å². The molecule has 0 rings (SSSR count). The molecule has 0 saturated heterocycles. The summed E-state index contributed by atoms with van der Waals surface area (Å²) in [4.78, 5) is 76.8. The fourth-order valence-electron chi connectivity index (χ4n) is 3.19. The Morgan fingerprint density at radius 3 is 1.07 bits per heavy atom. The summed E-state index contributed by atoms with van der Waals surface area (Å²) in [5, 5.41) is 13.1. The van der Waals surface area contributed by atoms with Crippen molar-refractivity contribution >= 4 is 35.5 Å². The van der Waals surface area contributed by atoms with E-state index >= 15 is 0 Å². The first-order valence-electron chi connectivity index (χ1n) is 13.3. The van der Waals surface area contributed by atoms with Crippen molar-refractivity contribution in [1.82, 2.24) is 26.6 Å². The zero-order valence-corrected chi connectivity index (χ0v) is 26.9. The lowest BCUT2D eigenvalue weighted by atomic mass is 9.86. The zero-order chi connectivity index (χ0) is 32.3. The molecule has 5 N–H and O–H groups in total. The standard InChI is InChI=1S/C28H51N5O7/c1-16(2)28(15,29-17(3)34)21(38)33-26(11,12)19(36)31-24(7,8)18(35)30-25(9,10)20(37)32-27(13,14)22(39)40-23(4,5)6/h16H,1-15H3,(H,29,34)(H,30,35)(H,31,36)(H,32,37)(H,33,38)/t28-/m0/s1. The molecule has 12 heteroatoms. The van der Waals surface area contributed by atoms with Gasteiger partial charge in [0.1, 0.15) is 33.3 Å². The molecule has 0 heterocycles. The lowest BCUT2D eigenvalue weighted by Gasteiger charge is -2.38. The van der Waals surface area contributed by atoms with E-state index in [4.69, 9.17) is 4.74 Å². The van der Waals surface area contributed by atoms with Gasteiger partial charge in [-0.25, -0.2) is 4.79 Å². The van der Waals surface area contributed by atoms with Crippen molar-refractivity contribution in [3.63, 3.8) is 0 Å². The molecule has 0 bridgehead atoms. The zero-order valence-electron chi connectivity index (χ0n) is 26.9. The van der Waals surface area contributed by atoms with Crippen molar-refractivity contribution in [2.75, 3.05) is 0 Å². The van der Waals surface area contributed by atoms with Gasteiger partial charge in [-0.15, -0.1) is 0 Å². The lowest BCUT2D eigenvalue weighted by molar-refractivity contribution is -0.163. The van der Waals surface area contributed by atoms with Crippen LogP contribution in [0.4, 0.5) is 0 Å². The summed E-state index contributed by atoms with van der Waals surface area (Å²) < 4.78 is 5.37. The van der Waals surface area contributed by atoms with E-state index in [-0.39, 0.29) is 5.92 Å². The monoisotopic (exact) mass is 569 g/mol. The number of hydrogen-bond acceptors (Lipinski definition) is 7. The summed E-state index contributed by atoms with van der Waals surface area (Å²) in [6.07, 6.45) is 0. The van der Waals surface area contributed by atoms with Gasteiger partial charge in [0.05, 0.1) is 0 Å². The van der Waals surface area contributed by atoms with Gasteiger partial charge >= 0.3 is 5.97 Å². The molecule has 0 aliphatic carbocycles. The molecule has 0 aromatic heterocycles. The molecule has 0 saturated carbocycles. The highest BCUT2D eigenvalue weighted by atomic mass is 16.6. The van der Waals surface area contributed by atoms with Crippen LogP contribution in [0.25, 0.3) is 0 Å². The third-order valence-corrected chi connectivity index (χ3v) is 6.38. The number of carbonyl (C=O) groups excluding carboxylic acids is 6. The molecule has 0 aromatic rings. The predicted octanol–water partition coefficient (Wildman–Crippen LogP) is 1.46. The highest BCUT2D eigenvalue weighted by Gasteiger charge is 2.45. The van der Waals surface area contributed by atoms with Gasteiger partial charge in [-0.05, 0) is 89.0 Å². The van der Waals surface area contributed by atoms with Crippen molar-refractivity contribution < 1.29 is 33.5 Å². The molecule has 40 heavy (non-hydrogen) atoms. The Morgan fingerprint density at radius 2 is 0.800 bits per heavy atom. The normalized spacial score (nSPS) is 14.4. The van der Waals surface area contributed by atoms with Crippen LogP contribution in [0.2, 0.25) is 0 Å². The number of hydrogen-bond donors (Lipinski definition) is 5. The third-order valence-electron chi connectivity index (χ3n) is 6.38. The smallest absolute Gasteiger partial charge is 0.331 e. The fourth-order valence-corrected chi connectivity index (χ4v) is 3.19. The minimum atomic E-state index is -1.50. The van der Waals surface area contributed by atoms with Crippen LogP contribution in [0, 0.1) is 5.92 Å². The van der Waals surface area contributed by atoms with Crippen molar-refractivity contribution in [2.45, 2.75) is 137 Å². The van der Waals surface area contributed by atoms with Crippen molar-refractivity contribution in [1.29, 1.82) is 0 Å². The summed E-state index contributed by atoms with van der Waals surface area (Å²) in [5.41, 5.74) is -7.85. The Morgan fingerprint density at radius 1 is 0.500 bits per heavy atom.